The Morgan fingerprint density at radius 3 is 2.88 bits per heavy atom. The molecule has 0 aliphatic heterocycles. The molecular formula is C25H25N7O. The van der Waals surface area contributed by atoms with Gasteiger partial charge in [-0.05, 0) is 43.4 Å². The van der Waals surface area contributed by atoms with Crippen molar-refractivity contribution in [1.82, 2.24) is 24.7 Å². The Kier molecular flexibility index (Phi) is 5.85. The van der Waals surface area contributed by atoms with Crippen LogP contribution in [0.25, 0.3) is 22.6 Å². The third-order valence-electron chi connectivity index (χ3n) is 6.27. The maximum atomic E-state index is 9.35. The van der Waals surface area contributed by atoms with Crippen molar-refractivity contribution in [2.45, 2.75) is 45.1 Å². The van der Waals surface area contributed by atoms with Crippen LogP contribution in [0.4, 0.5) is 11.6 Å². The summed E-state index contributed by atoms with van der Waals surface area (Å²) in [4.78, 5) is 13.2. The summed E-state index contributed by atoms with van der Waals surface area (Å²) in [5, 5.41) is 17.3. The molecule has 0 radical (unpaired) electrons. The minimum atomic E-state index is 0.116. The van der Waals surface area contributed by atoms with Gasteiger partial charge in [-0.1, -0.05) is 25.0 Å². The zero-order valence-electron chi connectivity index (χ0n) is 18.5. The van der Waals surface area contributed by atoms with E-state index in [1.165, 1.54) is 19.2 Å². The number of nitrogens with zero attached hydrogens (tertiary/aromatic N) is 6. The molecule has 1 atom stereocenters. The first kappa shape index (κ1) is 20.9. The first-order chi connectivity index (χ1) is 16.2. The summed E-state index contributed by atoms with van der Waals surface area (Å²) in [6.45, 7) is 1.99. The Morgan fingerprint density at radius 2 is 2.09 bits per heavy atom. The number of hydrogen-bond acceptors (Lipinski definition) is 7. The van der Waals surface area contributed by atoms with Gasteiger partial charge in [-0.15, -0.1) is 0 Å². The van der Waals surface area contributed by atoms with Crippen LogP contribution in [-0.2, 0) is 0 Å². The molecule has 1 aliphatic rings. The van der Waals surface area contributed by atoms with Crippen molar-refractivity contribution in [2.24, 2.45) is 5.92 Å². The van der Waals surface area contributed by atoms with Gasteiger partial charge in [0.05, 0.1) is 36.6 Å². The number of anilines is 2. The van der Waals surface area contributed by atoms with Gasteiger partial charge in [0.1, 0.15) is 0 Å². The Morgan fingerprint density at radius 1 is 1.21 bits per heavy atom. The van der Waals surface area contributed by atoms with Crippen molar-refractivity contribution < 1.29 is 4.42 Å². The number of aromatic nitrogens is 5. The van der Waals surface area contributed by atoms with Crippen LogP contribution in [0, 0.1) is 24.2 Å². The molecular weight excluding hydrogens is 414 g/mol. The van der Waals surface area contributed by atoms with E-state index in [-0.39, 0.29) is 6.04 Å². The van der Waals surface area contributed by atoms with Gasteiger partial charge >= 0.3 is 0 Å². The molecule has 4 aromatic rings. The quantitative estimate of drug-likeness (QED) is 0.394. The van der Waals surface area contributed by atoms with E-state index in [0.29, 0.717) is 24.0 Å². The molecule has 1 aromatic carbocycles. The van der Waals surface area contributed by atoms with Crippen molar-refractivity contribution in [3.63, 3.8) is 0 Å². The highest BCUT2D eigenvalue weighted by Crippen LogP contribution is 2.36. The minimum absolute atomic E-state index is 0.116. The van der Waals surface area contributed by atoms with Gasteiger partial charge in [-0.25, -0.2) is 15.0 Å². The van der Waals surface area contributed by atoms with E-state index in [2.05, 4.69) is 26.5 Å². The van der Waals surface area contributed by atoms with Crippen LogP contribution in [0.1, 0.15) is 43.7 Å². The summed E-state index contributed by atoms with van der Waals surface area (Å²) in [5.41, 5.74) is 4.49. The summed E-state index contributed by atoms with van der Waals surface area (Å²) < 4.78 is 7.36. The topological polar surface area (TPSA) is 105 Å². The zero-order valence-corrected chi connectivity index (χ0v) is 18.5. The number of hydrogen-bond donors (Lipinski definition) is 1. The number of aryl methyl sites for hydroxylation is 1. The van der Waals surface area contributed by atoms with Crippen LogP contribution in [0.5, 0.6) is 0 Å². The van der Waals surface area contributed by atoms with Gasteiger partial charge in [-0.3, -0.25) is 4.68 Å². The van der Waals surface area contributed by atoms with Crippen molar-refractivity contribution in [3.05, 3.63) is 61.0 Å². The zero-order chi connectivity index (χ0) is 22.6. The van der Waals surface area contributed by atoms with Crippen molar-refractivity contribution in [2.75, 3.05) is 5.32 Å². The average molecular weight is 440 g/mol. The largest absolute Gasteiger partial charge is 0.444 e. The molecule has 5 rings (SSSR count). The summed E-state index contributed by atoms with van der Waals surface area (Å²) >= 11 is 0. The summed E-state index contributed by atoms with van der Waals surface area (Å²) in [7, 11) is 0. The van der Waals surface area contributed by atoms with Gasteiger partial charge in [0.2, 0.25) is 5.95 Å². The molecule has 0 bridgehead atoms. The lowest BCUT2D eigenvalue weighted by molar-refractivity contribution is 0.315. The number of nitriles is 1. The monoisotopic (exact) mass is 439 g/mol. The SMILES string of the molecule is Cc1cnc(Nc2cccc(-c3cnco3)c2)nc1-c1cnn(C(CC#N)C2CCCC2)c1. The first-order valence-corrected chi connectivity index (χ1v) is 11.2. The number of rotatable bonds is 7. The molecule has 1 N–H and O–H groups in total. The van der Waals surface area contributed by atoms with Gasteiger partial charge in [0, 0.05) is 29.2 Å². The second kappa shape index (κ2) is 9.25. The minimum Gasteiger partial charge on any atom is -0.444 e. The van der Waals surface area contributed by atoms with E-state index in [4.69, 9.17) is 9.40 Å². The highest BCUT2D eigenvalue weighted by atomic mass is 16.3. The first-order valence-electron chi connectivity index (χ1n) is 11.2. The number of benzene rings is 1. The lowest BCUT2D eigenvalue weighted by Gasteiger charge is -2.21. The van der Waals surface area contributed by atoms with Crippen molar-refractivity contribution in [3.8, 4) is 28.7 Å². The van der Waals surface area contributed by atoms with Gasteiger partial charge in [0.25, 0.3) is 0 Å². The molecule has 3 aromatic heterocycles. The average Bonchev–Trinajstić information content (AvgIpc) is 3.62. The van der Waals surface area contributed by atoms with Crippen LogP contribution < -0.4 is 5.32 Å². The molecule has 1 unspecified atom stereocenters. The van der Waals surface area contributed by atoms with Gasteiger partial charge in [0.15, 0.2) is 12.2 Å². The predicted octanol–water partition coefficient (Wildman–Crippen LogP) is 5.69. The molecule has 0 amide bonds. The molecule has 1 aliphatic carbocycles. The Labute approximate surface area is 192 Å². The maximum Gasteiger partial charge on any atom is 0.227 e. The van der Waals surface area contributed by atoms with Crippen LogP contribution in [0.2, 0.25) is 0 Å². The molecule has 33 heavy (non-hydrogen) atoms. The van der Waals surface area contributed by atoms with Crippen LogP contribution in [0.3, 0.4) is 0 Å². The molecule has 0 saturated heterocycles. The normalized spacial score (nSPS) is 14.8. The van der Waals surface area contributed by atoms with E-state index in [1.54, 1.807) is 6.20 Å². The number of oxazole rings is 1. The van der Waals surface area contributed by atoms with Crippen LogP contribution in [-0.4, -0.2) is 24.7 Å². The Bertz CT molecular complexity index is 1270. The molecule has 166 valence electrons. The van der Waals surface area contributed by atoms with Crippen LogP contribution >= 0.6 is 0 Å². The fourth-order valence-corrected chi connectivity index (χ4v) is 4.59. The lowest BCUT2D eigenvalue weighted by Crippen LogP contribution is -2.17. The highest BCUT2D eigenvalue weighted by Gasteiger charge is 2.27. The highest BCUT2D eigenvalue weighted by molar-refractivity contribution is 5.67. The van der Waals surface area contributed by atoms with E-state index in [1.807, 2.05) is 54.5 Å². The smallest absolute Gasteiger partial charge is 0.227 e. The van der Waals surface area contributed by atoms with Crippen molar-refractivity contribution in [1.29, 1.82) is 5.26 Å². The molecule has 8 nitrogen and oxygen atoms in total. The third-order valence-corrected chi connectivity index (χ3v) is 6.27. The van der Waals surface area contributed by atoms with E-state index < -0.39 is 0 Å². The molecule has 1 saturated carbocycles. The molecule has 3 heterocycles. The Hall–Kier alpha value is -3.99. The van der Waals surface area contributed by atoms with Gasteiger partial charge in [-0.2, -0.15) is 10.4 Å². The summed E-state index contributed by atoms with van der Waals surface area (Å²) in [6, 6.07) is 10.3. The predicted molar refractivity (Wildman–Crippen MR) is 124 cm³/mol. The van der Waals surface area contributed by atoms with Crippen LogP contribution in [0.15, 0.2) is 59.9 Å². The summed E-state index contributed by atoms with van der Waals surface area (Å²) in [5.74, 6) is 1.71. The number of nitrogens with one attached hydrogen (secondary N) is 1. The molecule has 8 heteroatoms. The molecule has 0 spiro atoms. The van der Waals surface area contributed by atoms with E-state index in [9.17, 15) is 5.26 Å². The second-order valence-electron chi connectivity index (χ2n) is 8.48. The maximum absolute atomic E-state index is 9.35. The standard InChI is InChI=1S/C25H25N7O/c1-17-12-28-25(30-21-8-4-7-19(11-21)23-14-27-16-33-23)31-24(17)20-13-29-32(15-20)22(9-10-26)18-5-2-3-6-18/h4,7-8,11-16,18,22H,2-3,5-6,9H2,1H3,(H,28,30,31). The van der Waals surface area contributed by atoms with Gasteiger partial charge < -0.3 is 9.73 Å². The van der Waals surface area contributed by atoms with E-state index in [0.717, 1.165) is 40.9 Å². The van der Waals surface area contributed by atoms with Crippen molar-refractivity contribution >= 4 is 11.6 Å². The summed E-state index contributed by atoms with van der Waals surface area (Å²) in [6.07, 6.45) is 14.0. The Balaban J connectivity index is 1.40. The third kappa shape index (κ3) is 4.48. The van der Waals surface area contributed by atoms with E-state index >= 15 is 0 Å². The second-order valence-corrected chi connectivity index (χ2v) is 8.48. The fourth-order valence-electron chi connectivity index (χ4n) is 4.59. The fraction of sp³-hybridized carbons (Fsp3) is 0.320. The molecule has 1 fully saturated rings. The lowest BCUT2D eigenvalue weighted by atomic mass is 9.96.